The van der Waals surface area contributed by atoms with Crippen molar-refractivity contribution in [3.8, 4) is 17.2 Å². The summed E-state index contributed by atoms with van der Waals surface area (Å²) in [6.07, 6.45) is 0. The molecule has 0 fully saturated rings. The average Bonchev–Trinajstić information content (AvgIpc) is 3.46. The van der Waals surface area contributed by atoms with Crippen LogP contribution in [0.4, 0.5) is 5.69 Å². The molecule has 0 saturated heterocycles. The molecular weight excluding hydrogens is 433 g/mol. The van der Waals surface area contributed by atoms with Gasteiger partial charge in [-0.25, -0.2) is 0 Å². The number of fused-ring (bicyclic) bond motifs is 5. The van der Waals surface area contributed by atoms with Crippen LogP contribution in [0.15, 0.2) is 42.5 Å². The lowest BCUT2D eigenvalue weighted by Crippen LogP contribution is -2.42. The highest BCUT2D eigenvalue weighted by Gasteiger charge is 2.58. The summed E-state index contributed by atoms with van der Waals surface area (Å²) in [5.74, 6) is 1.78. The van der Waals surface area contributed by atoms with Gasteiger partial charge in [0.15, 0.2) is 11.5 Å². The number of nitrogens with zero attached hydrogens (tertiary/aromatic N) is 1. The molecule has 0 aliphatic carbocycles. The van der Waals surface area contributed by atoms with Crippen LogP contribution in [0.5, 0.6) is 17.2 Å². The average molecular weight is 446 g/mol. The number of amides is 1. The van der Waals surface area contributed by atoms with Crippen LogP contribution in [0.3, 0.4) is 0 Å². The second-order valence-electron chi connectivity index (χ2n) is 7.13. The minimum Gasteiger partial charge on any atom is -0.491 e. The van der Waals surface area contributed by atoms with Crippen LogP contribution in [-0.2, 0) is 16.8 Å². The van der Waals surface area contributed by atoms with Gasteiger partial charge in [0.25, 0.3) is 0 Å². The highest BCUT2D eigenvalue weighted by atomic mass is 35.5. The van der Waals surface area contributed by atoms with Crippen molar-refractivity contribution in [1.82, 2.24) is 0 Å². The van der Waals surface area contributed by atoms with Gasteiger partial charge in [0.05, 0.1) is 16.6 Å². The third-order valence-corrected chi connectivity index (χ3v) is 7.17. The van der Waals surface area contributed by atoms with Gasteiger partial charge < -0.3 is 19.1 Å². The molecule has 146 valence electrons. The zero-order valence-electron chi connectivity index (χ0n) is 14.9. The zero-order chi connectivity index (χ0) is 19.8. The number of halogens is 2. The first kappa shape index (κ1) is 17.4. The SMILES string of the molecule is O=C1N(Cc2ccc(Cl)s2)c2cccc(Cl)c2C12COc1cc3c(cc12)OCO3. The van der Waals surface area contributed by atoms with E-state index < -0.39 is 5.41 Å². The van der Waals surface area contributed by atoms with Crippen LogP contribution in [-0.4, -0.2) is 19.3 Å². The molecule has 5 nitrogen and oxygen atoms in total. The summed E-state index contributed by atoms with van der Waals surface area (Å²) in [5, 5.41) is 0.539. The van der Waals surface area contributed by atoms with Crippen molar-refractivity contribution in [3.05, 3.63) is 67.8 Å². The fourth-order valence-corrected chi connectivity index (χ4v) is 5.79. The van der Waals surface area contributed by atoms with E-state index in [0.717, 1.165) is 21.7 Å². The number of ether oxygens (including phenoxy) is 3. The molecule has 6 rings (SSSR count). The van der Waals surface area contributed by atoms with Crippen LogP contribution >= 0.6 is 34.5 Å². The van der Waals surface area contributed by atoms with E-state index >= 15 is 0 Å². The summed E-state index contributed by atoms with van der Waals surface area (Å²) in [6.45, 7) is 0.759. The van der Waals surface area contributed by atoms with Crippen molar-refractivity contribution in [2.75, 3.05) is 18.3 Å². The molecule has 1 unspecified atom stereocenters. The Morgan fingerprint density at radius 3 is 2.66 bits per heavy atom. The van der Waals surface area contributed by atoms with Crippen molar-refractivity contribution in [1.29, 1.82) is 0 Å². The molecule has 1 atom stereocenters. The summed E-state index contributed by atoms with van der Waals surface area (Å²) < 4.78 is 17.7. The van der Waals surface area contributed by atoms with Crippen molar-refractivity contribution in [3.63, 3.8) is 0 Å². The van der Waals surface area contributed by atoms with Gasteiger partial charge in [-0.05, 0) is 30.3 Å². The summed E-state index contributed by atoms with van der Waals surface area (Å²) in [4.78, 5) is 16.7. The summed E-state index contributed by atoms with van der Waals surface area (Å²) in [5.41, 5.74) is 1.31. The third-order valence-electron chi connectivity index (χ3n) is 5.64. The molecule has 8 heteroatoms. The summed E-state index contributed by atoms with van der Waals surface area (Å²) in [7, 11) is 0. The number of thiophene rings is 1. The van der Waals surface area contributed by atoms with Crippen molar-refractivity contribution in [2.24, 2.45) is 0 Å². The van der Waals surface area contributed by atoms with Gasteiger partial charge in [0, 0.05) is 27.1 Å². The monoisotopic (exact) mass is 445 g/mol. The van der Waals surface area contributed by atoms with Gasteiger partial charge in [0.2, 0.25) is 12.7 Å². The Kier molecular flexibility index (Phi) is 3.64. The van der Waals surface area contributed by atoms with Gasteiger partial charge >= 0.3 is 0 Å². The quantitative estimate of drug-likeness (QED) is 0.556. The Labute approximate surface area is 180 Å². The standard InChI is InChI=1S/C21H13Cl2NO4S/c22-13-2-1-3-14-19(13)21(20(25)24(14)8-11-4-5-18(23)29-11)9-26-15-7-17-16(6-12(15)21)27-10-28-17/h1-7H,8-10H2. The Hall–Kier alpha value is -2.41. The lowest BCUT2D eigenvalue weighted by molar-refractivity contribution is -0.122. The molecule has 1 aromatic heterocycles. The summed E-state index contributed by atoms with van der Waals surface area (Å²) >= 11 is 14.2. The third kappa shape index (κ3) is 2.31. The number of benzene rings is 2. The predicted octanol–water partition coefficient (Wildman–Crippen LogP) is 5.01. The Bertz CT molecular complexity index is 1190. The molecule has 1 amide bonds. The molecule has 29 heavy (non-hydrogen) atoms. The van der Waals surface area contributed by atoms with E-state index in [0.29, 0.717) is 33.2 Å². The molecule has 1 spiro atoms. The molecule has 4 heterocycles. The largest absolute Gasteiger partial charge is 0.491 e. The van der Waals surface area contributed by atoms with Crippen LogP contribution in [0.25, 0.3) is 0 Å². The Morgan fingerprint density at radius 2 is 1.86 bits per heavy atom. The minimum absolute atomic E-state index is 0.0669. The number of hydrogen-bond acceptors (Lipinski definition) is 5. The van der Waals surface area contributed by atoms with Gasteiger partial charge in [-0.1, -0.05) is 29.3 Å². The van der Waals surface area contributed by atoms with E-state index in [-0.39, 0.29) is 19.3 Å². The minimum atomic E-state index is -1.01. The molecule has 0 radical (unpaired) electrons. The fourth-order valence-electron chi connectivity index (χ4n) is 4.38. The summed E-state index contributed by atoms with van der Waals surface area (Å²) in [6, 6.07) is 13.0. The normalized spacial score (nSPS) is 20.9. The molecule has 2 aromatic carbocycles. The van der Waals surface area contributed by atoms with Crippen LogP contribution < -0.4 is 19.1 Å². The molecule has 0 saturated carbocycles. The van der Waals surface area contributed by atoms with Gasteiger partial charge in [-0.15, -0.1) is 11.3 Å². The van der Waals surface area contributed by atoms with Gasteiger partial charge in [-0.2, -0.15) is 0 Å². The number of rotatable bonds is 2. The van der Waals surface area contributed by atoms with E-state index in [9.17, 15) is 4.79 Å². The van der Waals surface area contributed by atoms with E-state index in [4.69, 9.17) is 37.4 Å². The number of anilines is 1. The molecule has 3 aromatic rings. The number of carbonyl (C=O) groups excluding carboxylic acids is 1. The highest BCUT2D eigenvalue weighted by Crippen LogP contribution is 2.57. The maximum Gasteiger partial charge on any atom is 0.246 e. The second kappa shape index (κ2) is 6.05. The van der Waals surface area contributed by atoms with E-state index in [1.165, 1.54) is 11.3 Å². The Balaban J connectivity index is 1.55. The fraction of sp³-hybridized carbons (Fsp3) is 0.190. The smallest absolute Gasteiger partial charge is 0.246 e. The first-order valence-corrected chi connectivity index (χ1v) is 10.6. The molecule has 3 aliphatic heterocycles. The molecule has 3 aliphatic rings. The van der Waals surface area contributed by atoms with Crippen molar-refractivity contribution < 1.29 is 19.0 Å². The first-order valence-electron chi connectivity index (χ1n) is 9.00. The second-order valence-corrected chi connectivity index (χ2v) is 9.33. The molecule has 0 bridgehead atoms. The lowest BCUT2D eigenvalue weighted by Gasteiger charge is -2.23. The maximum atomic E-state index is 13.9. The Morgan fingerprint density at radius 1 is 1.03 bits per heavy atom. The van der Waals surface area contributed by atoms with Gasteiger partial charge in [0.1, 0.15) is 17.8 Å². The van der Waals surface area contributed by atoms with Crippen LogP contribution in [0.2, 0.25) is 9.36 Å². The van der Waals surface area contributed by atoms with Crippen LogP contribution in [0.1, 0.15) is 16.0 Å². The van der Waals surface area contributed by atoms with E-state index in [1.54, 1.807) is 11.0 Å². The van der Waals surface area contributed by atoms with Crippen LogP contribution in [0, 0.1) is 0 Å². The van der Waals surface area contributed by atoms with Crippen molar-refractivity contribution in [2.45, 2.75) is 12.0 Å². The number of hydrogen-bond donors (Lipinski definition) is 0. The van der Waals surface area contributed by atoms with E-state index in [1.807, 2.05) is 36.4 Å². The van der Waals surface area contributed by atoms with E-state index in [2.05, 4.69) is 0 Å². The zero-order valence-corrected chi connectivity index (χ0v) is 17.2. The molecule has 0 N–H and O–H groups in total. The number of carbonyl (C=O) groups is 1. The maximum absolute atomic E-state index is 13.9. The topological polar surface area (TPSA) is 48.0 Å². The lowest BCUT2D eigenvalue weighted by atomic mass is 9.77. The first-order chi connectivity index (χ1) is 14.1. The highest BCUT2D eigenvalue weighted by molar-refractivity contribution is 7.16. The molecular formula is C21H13Cl2NO4S. The predicted molar refractivity (Wildman–Crippen MR) is 111 cm³/mol. The van der Waals surface area contributed by atoms with Crippen molar-refractivity contribution >= 4 is 46.1 Å². The van der Waals surface area contributed by atoms with Gasteiger partial charge in [-0.3, -0.25) is 4.79 Å².